The number of nitrogens with two attached hydrogens (primary N) is 9. The molecule has 0 atom stereocenters. The van der Waals surface area contributed by atoms with Gasteiger partial charge in [-0.3, -0.25) is 101 Å². The lowest BCUT2D eigenvalue weighted by molar-refractivity contribution is -0.198. The second kappa shape index (κ2) is 58.4. The van der Waals surface area contributed by atoms with E-state index in [4.69, 9.17) is 0 Å². The minimum Gasteiger partial charge on any atom is -0.358 e. The highest BCUT2D eigenvalue weighted by Crippen LogP contribution is 2.13. The quantitative estimate of drug-likeness (QED) is 0.0808. The second-order valence-electron chi connectivity index (χ2n) is 12.9. The Hall–Kier alpha value is -9.27. The van der Waals surface area contributed by atoms with Gasteiger partial charge in [0.25, 0.3) is 70.9 Å². The lowest BCUT2D eigenvalue weighted by atomic mass is 10.3. The maximum atomic E-state index is 11.4. The van der Waals surface area contributed by atoms with Gasteiger partial charge in [0.1, 0.15) is 26.2 Å². The van der Waals surface area contributed by atoms with Crippen molar-refractivity contribution >= 4 is 100 Å². The van der Waals surface area contributed by atoms with Gasteiger partial charge in [0, 0.05) is 101 Å². The van der Waals surface area contributed by atoms with E-state index in [2.05, 4.69) is 72.4 Å². The maximum Gasteiger partial charge on any atom is 0.352 e. The van der Waals surface area contributed by atoms with Crippen molar-refractivity contribution < 1.29 is 86.3 Å². The van der Waals surface area contributed by atoms with Crippen molar-refractivity contribution in [3.05, 3.63) is 60.8 Å². The predicted octanol–water partition coefficient (Wildman–Crippen LogP) is -9.44. The summed E-state index contributed by atoms with van der Waals surface area (Å²) in [5.74, 6) is -8.19. The largest absolute Gasteiger partial charge is 0.358 e. The van der Waals surface area contributed by atoms with E-state index in [0.717, 1.165) is 68.2 Å². The summed E-state index contributed by atoms with van der Waals surface area (Å²) >= 11 is 0. The number of imide groups is 6. The minimum absolute atomic E-state index is 0.0186. The highest BCUT2D eigenvalue weighted by molar-refractivity contribution is 6.17. The SMILES string of the molecule is CCC(=O)CN1C(=O)C=CC1=O.CN.CN.CN.CN.CN.CN.CN.CN.CN.CNC(=O)CN1C(=O)C=CC1=O.CNC(=O)CN1C(=O)C=CC1=O.CNC(=O)CN1C(=O)C=CC1=O.O=C(CN1C(=O)C=CC1=O)ON1C(=O)CCC1=O. The molecule has 0 unspecified atom stereocenters. The van der Waals surface area contributed by atoms with E-state index in [1.165, 1.54) is 96.7 Å². The van der Waals surface area contributed by atoms with Crippen molar-refractivity contribution in [2.75, 3.05) is 117 Å². The van der Waals surface area contributed by atoms with E-state index in [1.54, 1.807) is 6.92 Å². The molecule has 6 heterocycles. The van der Waals surface area contributed by atoms with Gasteiger partial charge in [-0.1, -0.05) is 6.92 Å². The molecule has 1 fully saturated rings. The van der Waals surface area contributed by atoms with Crippen molar-refractivity contribution in [3.8, 4) is 0 Å². The topological polar surface area (TPSA) is 589 Å². The normalized spacial score (nSPS) is 13.7. The number of likely N-dealkylation sites (N-methyl/N-ethyl adjacent to an activating group) is 3. The zero-order chi connectivity index (χ0) is 67.8. The van der Waals surface area contributed by atoms with Crippen LogP contribution in [0.15, 0.2) is 60.8 Å². The molecule has 84 heavy (non-hydrogen) atoms. The van der Waals surface area contributed by atoms with Crippen LogP contribution in [0.4, 0.5) is 0 Å². The van der Waals surface area contributed by atoms with Crippen LogP contribution in [0.2, 0.25) is 0 Å². The zero-order valence-electron chi connectivity index (χ0n) is 49.7. The van der Waals surface area contributed by atoms with Crippen LogP contribution in [-0.2, 0) is 86.3 Å². The summed E-state index contributed by atoms with van der Waals surface area (Å²) in [4.78, 5) is 195. The Morgan fingerprint density at radius 1 is 0.345 bits per heavy atom. The average Bonchev–Trinajstić information content (AvgIpc) is 4.45. The first kappa shape index (κ1) is 91.2. The second-order valence-corrected chi connectivity index (χ2v) is 12.9. The van der Waals surface area contributed by atoms with Crippen molar-refractivity contribution in [3.63, 3.8) is 0 Å². The van der Waals surface area contributed by atoms with Gasteiger partial charge < -0.3 is 72.4 Å². The molecule has 476 valence electrons. The number of nitrogens with one attached hydrogen (secondary N) is 3. The van der Waals surface area contributed by atoms with E-state index < -0.39 is 83.4 Å². The maximum absolute atomic E-state index is 11.4. The number of hydroxylamine groups is 2. The summed E-state index contributed by atoms with van der Waals surface area (Å²) in [7, 11) is 17.8. The third kappa shape index (κ3) is 36.9. The Balaban J connectivity index is -0.000000135. The first-order valence-electron chi connectivity index (χ1n) is 24.2. The molecule has 15 amide bonds. The van der Waals surface area contributed by atoms with E-state index in [-0.39, 0.29) is 62.5 Å². The number of Topliss-reactive ketones (excluding diaryl/α,β-unsaturated/α-hetero) is 1. The Bertz CT molecular complexity index is 1990. The van der Waals surface area contributed by atoms with Gasteiger partial charge in [0.05, 0.1) is 6.54 Å². The Morgan fingerprint density at radius 3 is 0.702 bits per heavy atom. The molecule has 36 nitrogen and oxygen atoms in total. The van der Waals surface area contributed by atoms with Crippen molar-refractivity contribution in [2.45, 2.75) is 26.2 Å². The van der Waals surface area contributed by atoms with Gasteiger partial charge in [-0.15, -0.1) is 5.06 Å². The van der Waals surface area contributed by atoms with Gasteiger partial charge in [-0.05, 0) is 63.4 Å². The van der Waals surface area contributed by atoms with Crippen molar-refractivity contribution in [2.24, 2.45) is 51.6 Å². The molecular weight excluding hydrogens is 1120 g/mol. The van der Waals surface area contributed by atoms with Crippen LogP contribution < -0.4 is 67.6 Å². The smallest absolute Gasteiger partial charge is 0.352 e. The summed E-state index contributed by atoms with van der Waals surface area (Å²) in [6.07, 6.45) is 11.5. The van der Waals surface area contributed by atoms with Gasteiger partial charge in [0.15, 0.2) is 5.78 Å². The molecule has 0 aromatic rings. The van der Waals surface area contributed by atoms with Crippen molar-refractivity contribution in [1.82, 2.24) is 45.5 Å². The minimum atomic E-state index is -1.02. The Morgan fingerprint density at radius 2 is 0.524 bits per heavy atom. The molecule has 6 rings (SSSR count). The monoisotopic (exact) mass is 1200 g/mol. The van der Waals surface area contributed by atoms with Gasteiger partial charge >= 0.3 is 5.97 Å². The third-order valence-corrected chi connectivity index (χ3v) is 8.46. The van der Waals surface area contributed by atoms with Gasteiger partial charge in [-0.2, -0.15) is 0 Å². The summed E-state index contributed by atoms with van der Waals surface area (Å²) in [6, 6.07) is 0. The number of rotatable bonds is 12. The van der Waals surface area contributed by atoms with Gasteiger partial charge in [0.2, 0.25) is 17.7 Å². The molecule has 0 bridgehead atoms. The number of ketones is 1. The molecule has 1 saturated heterocycles. The van der Waals surface area contributed by atoms with Crippen LogP contribution in [0.5, 0.6) is 0 Å². The molecule has 0 radical (unpaired) electrons. The zero-order valence-corrected chi connectivity index (χ0v) is 49.7. The first-order chi connectivity index (χ1) is 40.1. The number of carbonyl (C=O) groups is 17. The molecule has 0 aromatic carbocycles. The standard InChI is InChI=1S/C10H8N2O6.C8H9NO3.3C7H8N2O3.9CH5N/c13-6-1-2-7(14)11(6)5-10(17)18-12-8(15)3-4-9(12)16;1-2-6(10)5-9-7(11)3-4-8(9)12;3*1-8-5(10)4-9-6(11)2-3-7(9)12;9*1-2/h1-2H,3-5H2;3-4H,2,5H2,1H3;3*2-3H,4H2,1H3,(H,8,10);9*2H2,1H3. The number of hydrogen-bond donors (Lipinski definition) is 12. The highest BCUT2D eigenvalue weighted by atomic mass is 16.7. The summed E-state index contributed by atoms with van der Waals surface area (Å²) in [6.45, 7) is 0.340. The molecule has 0 spiro atoms. The third-order valence-electron chi connectivity index (χ3n) is 8.46. The number of carbonyl (C=O) groups excluding carboxylic acids is 17. The summed E-state index contributed by atoms with van der Waals surface area (Å²) in [5, 5.41) is 7.32. The van der Waals surface area contributed by atoms with Crippen LogP contribution in [0.25, 0.3) is 0 Å². The molecule has 0 saturated carbocycles. The lowest BCUT2D eigenvalue weighted by Crippen LogP contribution is -2.40. The Labute approximate surface area is 487 Å². The first-order valence-corrected chi connectivity index (χ1v) is 24.2. The van der Waals surface area contributed by atoms with Crippen LogP contribution >= 0.6 is 0 Å². The average molecular weight is 1200 g/mol. The van der Waals surface area contributed by atoms with Crippen molar-refractivity contribution in [1.29, 1.82) is 0 Å². The van der Waals surface area contributed by atoms with Crippen LogP contribution in [-0.4, -0.2) is 247 Å². The number of amides is 15. The number of hydrogen-bond acceptors (Lipinski definition) is 27. The van der Waals surface area contributed by atoms with E-state index in [0.29, 0.717) is 16.4 Å². The fourth-order valence-corrected chi connectivity index (χ4v) is 4.81. The fourth-order valence-electron chi connectivity index (χ4n) is 4.81. The molecule has 6 aliphatic heterocycles. The molecule has 0 aliphatic carbocycles. The van der Waals surface area contributed by atoms with Crippen LogP contribution in [0, 0.1) is 0 Å². The van der Waals surface area contributed by atoms with E-state index >= 15 is 0 Å². The predicted molar refractivity (Wildman–Crippen MR) is 305 cm³/mol. The number of nitrogens with zero attached hydrogens (tertiary/aromatic N) is 6. The molecular formula is C48H86N18O18. The fraction of sp³-hybridized carbons (Fsp3) is 0.438. The summed E-state index contributed by atoms with van der Waals surface area (Å²) in [5.41, 5.74) is 40.5. The lowest BCUT2D eigenvalue weighted by Gasteiger charge is -2.16. The van der Waals surface area contributed by atoms with Crippen LogP contribution in [0.1, 0.15) is 26.2 Å². The highest BCUT2D eigenvalue weighted by Gasteiger charge is 2.35. The molecule has 21 N–H and O–H groups in total. The molecule has 36 heteroatoms. The van der Waals surface area contributed by atoms with E-state index in [1.807, 2.05) is 0 Å². The Kier molecular flexibility index (Phi) is 63.4. The molecule has 6 aliphatic rings. The molecule has 0 aromatic heterocycles. The van der Waals surface area contributed by atoms with Crippen LogP contribution in [0.3, 0.4) is 0 Å². The van der Waals surface area contributed by atoms with Gasteiger partial charge in [-0.25, -0.2) is 4.79 Å². The van der Waals surface area contributed by atoms with E-state index in [9.17, 15) is 81.5 Å². The summed E-state index contributed by atoms with van der Waals surface area (Å²) < 4.78 is 0.